The number of rotatable bonds is 5. The van der Waals surface area contributed by atoms with Crippen molar-refractivity contribution in [1.82, 2.24) is 14.9 Å². The Morgan fingerprint density at radius 2 is 1.69 bits per heavy atom. The molecular weight excluding hydrogens is 441 g/mol. The lowest BCUT2D eigenvalue weighted by molar-refractivity contribution is 0.249. The first-order valence-corrected chi connectivity index (χ1v) is 12.4. The summed E-state index contributed by atoms with van der Waals surface area (Å²) < 4.78 is 0. The van der Waals surface area contributed by atoms with E-state index in [9.17, 15) is 0 Å². The van der Waals surface area contributed by atoms with E-state index in [1.165, 1.54) is 32.1 Å². The number of hydrogen-bond acceptors (Lipinski definition) is 5. The Kier molecular flexibility index (Phi) is 6.67. The molecule has 1 saturated carbocycles. The Morgan fingerprint density at radius 3 is 2.47 bits per heavy atom. The standard InChI is InChI=1S/C25H29Cl2N5/c26-19-11-10-18(22(27)16-19)17-31-12-14-32(15-13-31)25-29-23-9-5-4-8-21(23)24(30-25)28-20-6-2-1-3-7-20/h4-5,8-11,16,20H,1-3,6-7,12-15,17H2,(H,28,29,30). The summed E-state index contributed by atoms with van der Waals surface area (Å²) in [5.74, 6) is 1.80. The van der Waals surface area contributed by atoms with Gasteiger partial charge in [-0.25, -0.2) is 4.98 Å². The molecule has 0 unspecified atom stereocenters. The van der Waals surface area contributed by atoms with Crippen LogP contribution in [-0.4, -0.2) is 47.1 Å². The molecule has 168 valence electrons. The van der Waals surface area contributed by atoms with Crippen molar-refractivity contribution in [2.45, 2.75) is 44.7 Å². The minimum atomic E-state index is 0.510. The van der Waals surface area contributed by atoms with Crippen molar-refractivity contribution in [2.75, 3.05) is 36.4 Å². The van der Waals surface area contributed by atoms with Gasteiger partial charge in [-0.15, -0.1) is 0 Å². The summed E-state index contributed by atoms with van der Waals surface area (Å²) in [6.07, 6.45) is 6.39. The highest BCUT2D eigenvalue weighted by Crippen LogP contribution is 2.28. The number of piperazine rings is 1. The first-order chi connectivity index (χ1) is 15.7. The molecule has 1 aliphatic carbocycles. The van der Waals surface area contributed by atoms with Gasteiger partial charge in [-0.05, 0) is 42.7 Å². The molecule has 2 heterocycles. The fourth-order valence-electron chi connectivity index (χ4n) is 4.75. The van der Waals surface area contributed by atoms with Crippen molar-refractivity contribution in [2.24, 2.45) is 0 Å². The summed E-state index contributed by atoms with van der Waals surface area (Å²) in [5, 5.41) is 6.26. The topological polar surface area (TPSA) is 44.3 Å². The number of halogens is 2. The van der Waals surface area contributed by atoms with Gasteiger partial charge in [0.2, 0.25) is 5.95 Å². The van der Waals surface area contributed by atoms with Gasteiger partial charge in [-0.2, -0.15) is 4.98 Å². The van der Waals surface area contributed by atoms with E-state index in [1.807, 2.05) is 18.2 Å². The third-order valence-electron chi connectivity index (χ3n) is 6.60. The third kappa shape index (κ3) is 4.95. The number of nitrogens with zero attached hydrogens (tertiary/aromatic N) is 4. The van der Waals surface area contributed by atoms with E-state index in [-0.39, 0.29) is 0 Å². The zero-order chi connectivity index (χ0) is 21.9. The first kappa shape index (κ1) is 21.7. The summed E-state index contributed by atoms with van der Waals surface area (Å²) in [6.45, 7) is 4.51. The first-order valence-electron chi connectivity index (χ1n) is 11.6. The number of fused-ring (bicyclic) bond motifs is 1. The monoisotopic (exact) mass is 469 g/mol. The quantitative estimate of drug-likeness (QED) is 0.495. The number of anilines is 2. The molecule has 0 atom stereocenters. The van der Waals surface area contributed by atoms with E-state index >= 15 is 0 Å². The molecule has 0 amide bonds. The maximum absolute atomic E-state index is 6.38. The summed E-state index contributed by atoms with van der Waals surface area (Å²) in [5.41, 5.74) is 2.12. The lowest BCUT2D eigenvalue weighted by Crippen LogP contribution is -2.46. The van der Waals surface area contributed by atoms with Crippen molar-refractivity contribution < 1.29 is 0 Å². The van der Waals surface area contributed by atoms with Crippen LogP contribution in [0.2, 0.25) is 10.0 Å². The number of aromatic nitrogens is 2. The molecule has 0 spiro atoms. The number of para-hydroxylation sites is 1. The maximum Gasteiger partial charge on any atom is 0.227 e. The van der Waals surface area contributed by atoms with Crippen molar-refractivity contribution in [1.29, 1.82) is 0 Å². The average molecular weight is 470 g/mol. The average Bonchev–Trinajstić information content (AvgIpc) is 2.82. The van der Waals surface area contributed by atoms with Crippen molar-refractivity contribution in [3.8, 4) is 0 Å². The Bertz CT molecular complexity index is 1080. The molecule has 0 bridgehead atoms. The van der Waals surface area contributed by atoms with Gasteiger partial charge in [-0.3, -0.25) is 4.90 Å². The minimum Gasteiger partial charge on any atom is -0.367 e. The van der Waals surface area contributed by atoms with Crippen LogP contribution >= 0.6 is 23.2 Å². The predicted molar refractivity (Wildman–Crippen MR) is 134 cm³/mol. The van der Waals surface area contributed by atoms with Gasteiger partial charge in [0.25, 0.3) is 0 Å². The largest absolute Gasteiger partial charge is 0.367 e. The van der Waals surface area contributed by atoms with Crippen molar-refractivity contribution in [3.05, 3.63) is 58.1 Å². The summed E-state index contributed by atoms with van der Waals surface area (Å²) in [6, 6.07) is 14.6. The van der Waals surface area contributed by atoms with E-state index in [2.05, 4.69) is 39.4 Å². The van der Waals surface area contributed by atoms with E-state index in [0.717, 1.165) is 66.0 Å². The Labute approximate surface area is 199 Å². The lowest BCUT2D eigenvalue weighted by atomic mass is 9.95. The second-order valence-electron chi connectivity index (χ2n) is 8.87. The van der Waals surface area contributed by atoms with Gasteiger partial charge in [0, 0.05) is 54.2 Å². The molecule has 1 aromatic heterocycles. The SMILES string of the molecule is Clc1ccc(CN2CCN(c3nc(NC4CCCCC4)c4ccccc4n3)CC2)c(Cl)c1. The van der Waals surface area contributed by atoms with Crippen LogP contribution in [0, 0.1) is 0 Å². The van der Waals surface area contributed by atoms with Gasteiger partial charge in [0.1, 0.15) is 5.82 Å². The van der Waals surface area contributed by atoms with Gasteiger partial charge in [-0.1, -0.05) is 60.7 Å². The van der Waals surface area contributed by atoms with Crippen LogP contribution in [0.4, 0.5) is 11.8 Å². The van der Waals surface area contributed by atoms with Crippen LogP contribution < -0.4 is 10.2 Å². The number of hydrogen-bond donors (Lipinski definition) is 1. The molecule has 1 N–H and O–H groups in total. The van der Waals surface area contributed by atoms with Crippen LogP contribution in [0.5, 0.6) is 0 Å². The molecular formula is C25H29Cl2N5. The normalized spacial score (nSPS) is 18.2. The molecule has 0 radical (unpaired) electrons. The van der Waals surface area contributed by atoms with Gasteiger partial charge >= 0.3 is 0 Å². The predicted octanol–water partition coefficient (Wildman–Crippen LogP) is 6.00. The zero-order valence-electron chi connectivity index (χ0n) is 18.2. The fourth-order valence-corrected chi connectivity index (χ4v) is 5.22. The molecule has 2 fully saturated rings. The smallest absolute Gasteiger partial charge is 0.227 e. The third-order valence-corrected chi connectivity index (χ3v) is 7.19. The zero-order valence-corrected chi connectivity index (χ0v) is 19.7. The highest BCUT2D eigenvalue weighted by atomic mass is 35.5. The highest BCUT2D eigenvalue weighted by Gasteiger charge is 2.22. The fraction of sp³-hybridized carbons (Fsp3) is 0.440. The molecule has 5 nitrogen and oxygen atoms in total. The van der Waals surface area contributed by atoms with Gasteiger partial charge in [0.05, 0.1) is 5.52 Å². The summed E-state index contributed by atoms with van der Waals surface area (Å²) >= 11 is 12.4. The van der Waals surface area contributed by atoms with E-state index in [0.29, 0.717) is 11.1 Å². The highest BCUT2D eigenvalue weighted by molar-refractivity contribution is 6.35. The molecule has 1 saturated heterocycles. The minimum absolute atomic E-state index is 0.510. The van der Waals surface area contributed by atoms with Crippen LogP contribution in [0.15, 0.2) is 42.5 Å². The Morgan fingerprint density at radius 1 is 0.906 bits per heavy atom. The maximum atomic E-state index is 6.38. The molecule has 32 heavy (non-hydrogen) atoms. The van der Waals surface area contributed by atoms with E-state index in [1.54, 1.807) is 0 Å². The van der Waals surface area contributed by atoms with Crippen molar-refractivity contribution >= 4 is 45.9 Å². The second kappa shape index (κ2) is 9.82. The number of nitrogens with one attached hydrogen (secondary N) is 1. The number of benzene rings is 2. The van der Waals surface area contributed by atoms with E-state index < -0.39 is 0 Å². The Hall–Kier alpha value is -2.08. The van der Waals surface area contributed by atoms with Crippen LogP contribution in [0.3, 0.4) is 0 Å². The summed E-state index contributed by atoms with van der Waals surface area (Å²) in [4.78, 5) is 14.6. The van der Waals surface area contributed by atoms with Gasteiger partial charge < -0.3 is 10.2 Å². The van der Waals surface area contributed by atoms with Crippen LogP contribution in [0.1, 0.15) is 37.7 Å². The lowest BCUT2D eigenvalue weighted by Gasteiger charge is -2.35. The van der Waals surface area contributed by atoms with Crippen LogP contribution in [-0.2, 0) is 6.54 Å². The molecule has 7 heteroatoms. The molecule has 5 rings (SSSR count). The molecule has 2 aliphatic rings. The Balaban J connectivity index is 1.30. The van der Waals surface area contributed by atoms with Crippen LogP contribution in [0.25, 0.3) is 10.9 Å². The van der Waals surface area contributed by atoms with Gasteiger partial charge in [0.15, 0.2) is 0 Å². The van der Waals surface area contributed by atoms with E-state index in [4.69, 9.17) is 33.2 Å². The summed E-state index contributed by atoms with van der Waals surface area (Å²) in [7, 11) is 0. The van der Waals surface area contributed by atoms with Crippen molar-refractivity contribution in [3.63, 3.8) is 0 Å². The second-order valence-corrected chi connectivity index (χ2v) is 9.71. The molecule has 2 aromatic carbocycles. The molecule has 3 aromatic rings. The molecule has 1 aliphatic heterocycles.